The second-order valence-electron chi connectivity index (χ2n) is 5.03. The van der Waals surface area contributed by atoms with Gasteiger partial charge in [0.1, 0.15) is 0 Å². The summed E-state index contributed by atoms with van der Waals surface area (Å²) in [5.41, 5.74) is 6.33. The van der Waals surface area contributed by atoms with Gasteiger partial charge in [0, 0.05) is 17.0 Å². The minimum atomic E-state index is -0.377. The normalized spacial score (nSPS) is 11.5. The first-order valence-corrected chi connectivity index (χ1v) is 7.34. The number of carbonyl (C=O) groups is 2. The smallest absolute Gasteiger partial charge is 0.269 e. The Balaban J connectivity index is 1.82. The molecule has 0 unspecified atom stereocenters. The molecule has 2 amide bonds. The Morgan fingerprint density at radius 2 is 1.64 bits per heavy atom. The van der Waals surface area contributed by atoms with Crippen molar-refractivity contribution in [3.05, 3.63) is 70.7 Å². The Morgan fingerprint density at radius 3 is 2.27 bits per heavy atom. The van der Waals surface area contributed by atoms with Crippen LogP contribution in [0.4, 0.5) is 0 Å². The molecular formula is C17H17ClN2O2. The van der Waals surface area contributed by atoms with Crippen molar-refractivity contribution in [1.82, 2.24) is 10.9 Å². The Hall–Kier alpha value is -2.33. The molecule has 22 heavy (non-hydrogen) atoms. The second kappa shape index (κ2) is 7.61. The van der Waals surface area contributed by atoms with E-state index in [4.69, 9.17) is 11.6 Å². The molecule has 4 nitrogen and oxygen atoms in total. The molecule has 1 atom stereocenters. The van der Waals surface area contributed by atoms with Gasteiger partial charge in [0.15, 0.2) is 0 Å². The highest BCUT2D eigenvalue weighted by atomic mass is 35.5. The maximum atomic E-state index is 11.9. The summed E-state index contributed by atoms with van der Waals surface area (Å²) < 4.78 is 0. The van der Waals surface area contributed by atoms with E-state index in [0.29, 0.717) is 17.0 Å². The van der Waals surface area contributed by atoms with E-state index in [1.807, 2.05) is 37.3 Å². The Morgan fingerprint density at radius 1 is 1.00 bits per heavy atom. The maximum Gasteiger partial charge on any atom is 0.269 e. The maximum absolute atomic E-state index is 11.9. The average Bonchev–Trinajstić information content (AvgIpc) is 2.54. The second-order valence-corrected chi connectivity index (χ2v) is 5.46. The molecule has 0 bridgehead atoms. The van der Waals surface area contributed by atoms with Gasteiger partial charge in [-0.25, -0.2) is 0 Å². The monoisotopic (exact) mass is 316 g/mol. The lowest BCUT2D eigenvalue weighted by molar-refractivity contribution is -0.122. The van der Waals surface area contributed by atoms with Crippen molar-refractivity contribution in [3.63, 3.8) is 0 Å². The number of rotatable bonds is 4. The van der Waals surface area contributed by atoms with E-state index in [0.717, 1.165) is 5.56 Å². The number of carbonyl (C=O) groups excluding carboxylic acids is 2. The molecule has 0 saturated heterocycles. The van der Waals surface area contributed by atoms with Crippen LogP contribution in [0, 0.1) is 0 Å². The van der Waals surface area contributed by atoms with Gasteiger partial charge in [0.05, 0.1) is 0 Å². The van der Waals surface area contributed by atoms with Gasteiger partial charge in [-0.2, -0.15) is 0 Å². The van der Waals surface area contributed by atoms with E-state index in [1.54, 1.807) is 24.3 Å². The number of hydrazine groups is 1. The van der Waals surface area contributed by atoms with Crippen LogP contribution in [-0.4, -0.2) is 11.8 Å². The highest BCUT2D eigenvalue weighted by Gasteiger charge is 2.12. The first kappa shape index (κ1) is 16.0. The third kappa shape index (κ3) is 4.60. The van der Waals surface area contributed by atoms with Gasteiger partial charge < -0.3 is 0 Å². The molecule has 2 N–H and O–H groups in total. The van der Waals surface area contributed by atoms with Crippen molar-refractivity contribution in [1.29, 1.82) is 0 Å². The summed E-state index contributed by atoms with van der Waals surface area (Å²) in [5, 5.41) is 0.553. The first-order chi connectivity index (χ1) is 10.6. The summed E-state index contributed by atoms with van der Waals surface area (Å²) in [4.78, 5) is 23.7. The molecule has 0 spiro atoms. The fraction of sp³-hybridized carbons (Fsp3) is 0.176. The molecule has 0 aliphatic rings. The summed E-state index contributed by atoms with van der Waals surface area (Å²) in [6.45, 7) is 1.97. The zero-order chi connectivity index (χ0) is 15.9. The summed E-state index contributed by atoms with van der Waals surface area (Å²) in [6, 6.07) is 16.2. The Kier molecular flexibility index (Phi) is 5.55. The quantitative estimate of drug-likeness (QED) is 0.850. The lowest BCUT2D eigenvalue weighted by Crippen LogP contribution is -2.41. The summed E-state index contributed by atoms with van der Waals surface area (Å²) >= 11 is 5.76. The van der Waals surface area contributed by atoms with Crippen LogP contribution in [-0.2, 0) is 4.79 Å². The van der Waals surface area contributed by atoms with E-state index in [1.165, 1.54) is 0 Å². The minimum Gasteiger partial charge on any atom is -0.273 e. The fourth-order valence-corrected chi connectivity index (χ4v) is 2.15. The lowest BCUT2D eigenvalue weighted by Gasteiger charge is -2.12. The number of hydrogen-bond donors (Lipinski definition) is 2. The topological polar surface area (TPSA) is 58.2 Å². The van der Waals surface area contributed by atoms with Crippen molar-refractivity contribution in [2.24, 2.45) is 0 Å². The molecule has 2 aromatic carbocycles. The van der Waals surface area contributed by atoms with Crippen LogP contribution in [0.15, 0.2) is 54.6 Å². The summed E-state index contributed by atoms with van der Waals surface area (Å²) in [7, 11) is 0. The molecule has 0 aromatic heterocycles. The number of halogens is 1. The molecule has 0 aliphatic carbocycles. The largest absolute Gasteiger partial charge is 0.273 e. The molecule has 0 aliphatic heterocycles. The van der Waals surface area contributed by atoms with Gasteiger partial charge in [0.2, 0.25) is 5.91 Å². The third-order valence-electron chi connectivity index (χ3n) is 3.28. The molecule has 114 valence electrons. The van der Waals surface area contributed by atoms with Gasteiger partial charge in [-0.15, -0.1) is 0 Å². The van der Waals surface area contributed by atoms with Crippen molar-refractivity contribution in [2.75, 3.05) is 0 Å². The van der Waals surface area contributed by atoms with Crippen molar-refractivity contribution in [3.8, 4) is 0 Å². The number of benzene rings is 2. The summed E-state index contributed by atoms with van der Waals surface area (Å²) in [5.74, 6) is -0.537. The Labute approximate surface area is 134 Å². The van der Waals surface area contributed by atoms with Crippen molar-refractivity contribution >= 4 is 23.4 Å². The fourth-order valence-electron chi connectivity index (χ4n) is 2.03. The molecular weight excluding hydrogens is 300 g/mol. The van der Waals surface area contributed by atoms with Crippen molar-refractivity contribution in [2.45, 2.75) is 19.3 Å². The van der Waals surface area contributed by atoms with Gasteiger partial charge in [-0.05, 0) is 35.7 Å². The van der Waals surface area contributed by atoms with Crippen LogP contribution < -0.4 is 10.9 Å². The zero-order valence-corrected chi connectivity index (χ0v) is 12.9. The van der Waals surface area contributed by atoms with Crippen LogP contribution in [0.25, 0.3) is 0 Å². The minimum absolute atomic E-state index is 0.0774. The first-order valence-electron chi connectivity index (χ1n) is 6.96. The van der Waals surface area contributed by atoms with Gasteiger partial charge in [-0.3, -0.25) is 20.4 Å². The predicted octanol–water partition coefficient (Wildman–Crippen LogP) is 3.29. The predicted molar refractivity (Wildman–Crippen MR) is 86.5 cm³/mol. The SMILES string of the molecule is C[C@@H](CC(=O)NNC(=O)c1ccc(Cl)cc1)c1ccccc1. The molecule has 2 aromatic rings. The molecule has 5 heteroatoms. The van der Waals surface area contributed by atoms with E-state index in [9.17, 15) is 9.59 Å². The van der Waals surface area contributed by atoms with Crippen LogP contribution in [0.1, 0.15) is 35.2 Å². The van der Waals surface area contributed by atoms with E-state index >= 15 is 0 Å². The van der Waals surface area contributed by atoms with Crippen LogP contribution in [0.3, 0.4) is 0 Å². The lowest BCUT2D eigenvalue weighted by atomic mass is 9.98. The van der Waals surface area contributed by atoms with Gasteiger partial charge in [-0.1, -0.05) is 48.9 Å². The van der Waals surface area contributed by atoms with Crippen LogP contribution in [0.2, 0.25) is 5.02 Å². The van der Waals surface area contributed by atoms with E-state index in [2.05, 4.69) is 10.9 Å². The third-order valence-corrected chi connectivity index (χ3v) is 3.53. The molecule has 2 rings (SSSR count). The number of amides is 2. The highest BCUT2D eigenvalue weighted by Crippen LogP contribution is 2.17. The van der Waals surface area contributed by atoms with E-state index in [-0.39, 0.29) is 17.7 Å². The summed E-state index contributed by atoms with van der Waals surface area (Å²) in [6.07, 6.45) is 0.297. The molecule has 0 radical (unpaired) electrons. The van der Waals surface area contributed by atoms with E-state index < -0.39 is 0 Å². The van der Waals surface area contributed by atoms with Gasteiger partial charge >= 0.3 is 0 Å². The van der Waals surface area contributed by atoms with Crippen molar-refractivity contribution < 1.29 is 9.59 Å². The number of hydrogen-bond acceptors (Lipinski definition) is 2. The Bertz CT molecular complexity index is 641. The van der Waals surface area contributed by atoms with Crippen LogP contribution >= 0.6 is 11.6 Å². The standard InChI is InChI=1S/C17H17ClN2O2/c1-12(13-5-3-2-4-6-13)11-16(21)19-20-17(22)14-7-9-15(18)10-8-14/h2-10,12H,11H2,1H3,(H,19,21)(H,20,22)/t12-/m0/s1. The zero-order valence-electron chi connectivity index (χ0n) is 12.2. The molecule has 0 heterocycles. The highest BCUT2D eigenvalue weighted by molar-refractivity contribution is 6.30. The molecule has 0 saturated carbocycles. The molecule has 0 fully saturated rings. The van der Waals surface area contributed by atoms with Gasteiger partial charge in [0.25, 0.3) is 5.91 Å². The number of nitrogens with one attached hydrogen (secondary N) is 2. The average molecular weight is 317 g/mol. The van der Waals surface area contributed by atoms with Crippen LogP contribution in [0.5, 0.6) is 0 Å².